The Morgan fingerprint density at radius 3 is 2.62 bits per heavy atom. The van der Waals surface area contributed by atoms with E-state index in [0.29, 0.717) is 5.56 Å². The molecule has 21 heavy (non-hydrogen) atoms. The predicted octanol–water partition coefficient (Wildman–Crippen LogP) is 2.88. The van der Waals surface area contributed by atoms with Gasteiger partial charge in [0.15, 0.2) is 6.29 Å². The van der Waals surface area contributed by atoms with Crippen LogP contribution in [-0.2, 0) is 7.05 Å². The van der Waals surface area contributed by atoms with Gasteiger partial charge in [-0.15, -0.1) is 0 Å². The van der Waals surface area contributed by atoms with E-state index in [2.05, 4.69) is 10.2 Å². The van der Waals surface area contributed by atoms with Crippen molar-refractivity contribution in [3.63, 3.8) is 0 Å². The minimum absolute atomic E-state index is 0.618. The largest absolute Gasteiger partial charge is 0.298 e. The molecule has 2 heterocycles. The summed E-state index contributed by atoms with van der Waals surface area (Å²) in [5.41, 5.74) is 2.27. The highest BCUT2D eigenvalue weighted by Crippen LogP contribution is 2.32. The van der Waals surface area contributed by atoms with Crippen LogP contribution in [0.5, 0.6) is 0 Å². The van der Waals surface area contributed by atoms with Crippen LogP contribution in [0.4, 0.5) is 0 Å². The second-order valence-electron chi connectivity index (χ2n) is 4.62. The average Bonchev–Trinajstić information content (AvgIpc) is 3.04. The van der Waals surface area contributed by atoms with Crippen molar-refractivity contribution in [2.24, 2.45) is 7.05 Å². The summed E-state index contributed by atoms with van der Waals surface area (Å²) in [6.45, 7) is 1.84. The van der Waals surface area contributed by atoms with Gasteiger partial charge in [0.25, 0.3) is 0 Å². The van der Waals surface area contributed by atoms with E-state index in [0.717, 1.165) is 27.6 Å². The highest BCUT2D eigenvalue weighted by atomic mass is 32.2. The van der Waals surface area contributed by atoms with Crippen molar-refractivity contribution in [2.45, 2.75) is 16.8 Å². The van der Waals surface area contributed by atoms with E-state index >= 15 is 0 Å². The number of hydrogen-bond donors (Lipinski definition) is 0. The first-order valence-corrected chi connectivity index (χ1v) is 7.27. The fourth-order valence-electron chi connectivity index (χ4n) is 2.06. The van der Waals surface area contributed by atoms with Crippen molar-refractivity contribution in [3.8, 4) is 5.69 Å². The Balaban J connectivity index is 2.10. The van der Waals surface area contributed by atoms with Gasteiger partial charge in [-0.2, -0.15) is 10.2 Å². The lowest BCUT2D eigenvalue weighted by Gasteiger charge is -2.06. The number of hydrogen-bond acceptors (Lipinski definition) is 4. The fourth-order valence-corrected chi connectivity index (χ4v) is 3.13. The summed E-state index contributed by atoms with van der Waals surface area (Å²) < 4.78 is 3.54. The third-order valence-corrected chi connectivity index (χ3v) is 4.11. The second-order valence-corrected chi connectivity index (χ2v) is 5.68. The minimum Gasteiger partial charge on any atom is -0.298 e. The Morgan fingerprint density at radius 1 is 1.24 bits per heavy atom. The smallest absolute Gasteiger partial charge is 0.154 e. The highest BCUT2D eigenvalue weighted by molar-refractivity contribution is 7.99. The molecule has 1 aromatic carbocycles. The van der Waals surface area contributed by atoms with Crippen LogP contribution in [0, 0.1) is 6.92 Å². The Morgan fingerprint density at radius 2 is 2.00 bits per heavy atom. The molecule has 2 aromatic heterocycles. The maximum Gasteiger partial charge on any atom is 0.154 e. The monoisotopic (exact) mass is 298 g/mol. The van der Waals surface area contributed by atoms with Gasteiger partial charge in [-0.1, -0.05) is 30.0 Å². The summed E-state index contributed by atoms with van der Waals surface area (Å²) in [6, 6.07) is 9.79. The van der Waals surface area contributed by atoms with Crippen LogP contribution in [0.1, 0.15) is 16.1 Å². The minimum atomic E-state index is 0.618. The zero-order valence-corrected chi connectivity index (χ0v) is 12.5. The third-order valence-electron chi connectivity index (χ3n) is 3.08. The highest BCUT2D eigenvalue weighted by Gasteiger charge is 2.17. The van der Waals surface area contributed by atoms with Gasteiger partial charge in [0.2, 0.25) is 0 Å². The quantitative estimate of drug-likeness (QED) is 0.695. The number of aldehydes is 1. The molecule has 5 nitrogen and oxygen atoms in total. The zero-order chi connectivity index (χ0) is 14.8. The molecular formula is C15H14N4OS. The first-order chi connectivity index (χ1) is 10.2. The van der Waals surface area contributed by atoms with Gasteiger partial charge < -0.3 is 0 Å². The van der Waals surface area contributed by atoms with E-state index in [1.54, 1.807) is 15.6 Å². The van der Waals surface area contributed by atoms with E-state index in [4.69, 9.17) is 0 Å². The summed E-state index contributed by atoms with van der Waals surface area (Å²) in [5, 5.41) is 9.45. The van der Waals surface area contributed by atoms with Crippen molar-refractivity contribution >= 4 is 18.0 Å². The fraction of sp³-hybridized carbons (Fsp3) is 0.133. The number of para-hydroxylation sites is 1. The van der Waals surface area contributed by atoms with E-state index in [-0.39, 0.29) is 0 Å². The standard InChI is InChI=1S/C15H14N4OS/c1-11-14(10-20)15(21-13-8-16-18(2)9-13)19(17-11)12-6-4-3-5-7-12/h3-10H,1-2H3. The number of aromatic nitrogens is 4. The average molecular weight is 298 g/mol. The Labute approximate surface area is 126 Å². The number of rotatable bonds is 4. The van der Waals surface area contributed by atoms with Gasteiger partial charge in [-0.25, -0.2) is 4.68 Å². The number of carbonyl (C=O) groups is 1. The summed E-state index contributed by atoms with van der Waals surface area (Å²) in [6.07, 6.45) is 4.55. The molecule has 0 aliphatic carbocycles. The molecule has 0 atom stereocenters. The Bertz CT molecular complexity index is 776. The third kappa shape index (κ3) is 2.62. The van der Waals surface area contributed by atoms with Crippen LogP contribution in [0.15, 0.2) is 52.6 Å². The molecule has 3 aromatic rings. The van der Waals surface area contributed by atoms with Crippen LogP contribution in [0.3, 0.4) is 0 Å². The molecule has 0 bridgehead atoms. The van der Waals surface area contributed by atoms with Gasteiger partial charge in [0, 0.05) is 13.2 Å². The van der Waals surface area contributed by atoms with Crippen LogP contribution >= 0.6 is 11.8 Å². The van der Waals surface area contributed by atoms with Crippen molar-refractivity contribution in [1.82, 2.24) is 19.6 Å². The summed E-state index contributed by atoms with van der Waals surface area (Å²) in [5.74, 6) is 0. The number of aryl methyl sites for hydroxylation is 2. The number of carbonyl (C=O) groups excluding carboxylic acids is 1. The summed E-state index contributed by atoms with van der Waals surface area (Å²) >= 11 is 1.49. The van der Waals surface area contributed by atoms with Gasteiger partial charge >= 0.3 is 0 Å². The normalized spacial score (nSPS) is 10.8. The van der Waals surface area contributed by atoms with E-state index in [1.165, 1.54) is 11.8 Å². The molecule has 106 valence electrons. The van der Waals surface area contributed by atoms with Gasteiger partial charge in [-0.3, -0.25) is 9.48 Å². The van der Waals surface area contributed by atoms with Crippen LogP contribution in [0.25, 0.3) is 5.69 Å². The SMILES string of the molecule is Cc1nn(-c2ccccc2)c(Sc2cnn(C)c2)c1C=O. The van der Waals surface area contributed by atoms with Crippen LogP contribution < -0.4 is 0 Å². The van der Waals surface area contributed by atoms with E-state index < -0.39 is 0 Å². The molecule has 0 aliphatic heterocycles. The van der Waals surface area contributed by atoms with Crippen LogP contribution in [-0.4, -0.2) is 25.8 Å². The van der Waals surface area contributed by atoms with Crippen LogP contribution in [0.2, 0.25) is 0 Å². The lowest BCUT2D eigenvalue weighted by atomic mass is 10.3. The molecule has 0 unspecified atom stereocenters. The molecule has 0 aliphatic rings. The van der Waals surface area contributed by atoms with Gasteiger partial charge in [0.1, 0.15) is 5.03 Å². The van der Waals surface area contributed by atoms with Gasteiger partial charge in [-0.05, 0) is 19.1 Å². The summed E-state index contributed by atoms with van der Waals surface area (Å²) in [4.78, 5) is 12.4. The zero-order valence-electron chi connectivity index (χ0n) is 11.7. The molecule has 3 rings (SSSR count). The molecule has 0 amide bonds. The molecule has 0 saturated heterocycles. The number of benzene rings is 1. The summed E-state index contributed by atoms with van der Waals surface area (Å²) in [7, 11) is 1.87. The topological polar surface area (TPSA) is 52.7 Å². The maximum absolute atomic E-state index is 11.4. The molecule has 0 N–H and O–H groups in total. The molecule has 6 heteroatoms. The van der Waals surface area contributed by atoms with E-state index in [9.17, 15) is 4.79 Å². The Kier molecular flexibility index (Phi) is 3.62. The Hall–Kier alpha value is -2.34. The number of nitrogens with zero attached hydrogens (tertiary/aromatic N) is 4. The molecule has 0 saturated carbocycles. The second kappa shape index (κ2) is 5.57. The van der Waals surface area contributed by atoms with Gasteiger partial charge in [0.05, 0.1) is 28.0 Å². The van der Waals surface area contributed by atoms with Crippen molar-refractivity contribution in [3.05, 3.63) is 54.0 Å². The first-order valence-electron chi connectivity index (χ1n) is 6.46. The van der Waals surface area contributed by atoms with Crippen molar-refractivity contribution in [2.75, 3.05) is 0 Å². The lowest BCUT2D eigenvalue weighted by Crippen LogP contribution is -1.98. The van der Waals surface area contributed by atoms with Crippen molar-refractivity contribution in [1.29, 1.82) is 0 Å². The lowest BCUT2D eigenvalue weighted by molar-refractivity contribution is 0.112. The maximum atomic E-state index is 11.4. The van der Waals surface area contributed by atoms with Crippen molar-refractivity contribution < 1.29 is 4.79 Å². The van der Waals surface area contributed by atoms with E-state index in [1.807, 2.05) is 50.5 Å². The molecule has 0 spiro atoms. The molecule has 0 fully saturated rings. The molecule has 0 radical (unpaired) electrons. The molecular weight excluding hydrogens is 284 g/mol. The first kappa shape index (κ1) is 13.6. The predicted molar refractivity (Wildman–Crippen MR) is 81.0 cm³/mol.